The van der Waals surface area contributed by atoms with Gasteiger partial charge < -0.3 is 20.1 Å². The Balaban J connectivity index is 0.00000441. The van der Waals surface area contributed by atoms with Crippen molar-refractivity contribution < 1.29 is 9.84 Å². The Bertz CT molecular complexity index is 455. The highest BCUT2D eigenvalue weighted by Gasteiger charge is 2.10. The van der Waals surface area contributed by atoms with Crippen molar-refractivity contribution in [1.29, 1.82) is 0 Å². The van der Waals surface area contributed by atoms with E-state index in [1.54, 1.807) is 7.11 Å². The molecule has 0 aliphatic carbocycles. The second-order valence-electron chi connectivity index (χ2n) is 5.15. The van der Waals surface area contributed by atoms with Gasteiger partial charge in [-0.15, -0.1) is 24.0 Å². The molecule has 0 saturated heterocycles. The predicted octanol–water partition coefficient (Wildman–Crippen LogP) is 2.34. The number of aliphatic hydroxyl groups is 1. The molecule has 0 aliphatic rings. The fourth-order valence-electron chi connectivity index (χ4n) is 1.93. The molecule has 0 bridgehead atoms. The molecule has 0 aliphatic heterocycles. The maximum Gasteiger partial charge on any atom is 0.193 e. The maximum atomic E-state index is 9.10. The first kappa shape index (κ1) is 21.0. The maximum absolute atomic E-state index is 9.10. The monoisotopic (exact) mass is 421 g/mol. The number of hydrogen-bond donors (Lipinski definition) is 2. The van der Waals surface area contributed by atoms with E-state index in [-0.39, 0.29) is 36.5 Å². The smallest absolute Gasteiger partial charge is 0.193 e. The average Bonchev–Trinajstić information content (AvgIpc) is 2.51. The number of nitrogens with one attached hydrogen (secondary N) is 1. The van der Waals surface area contributed by atoms with E-state index >= 15 is 0 Å². The van der Waals surface area contributed by atoms with E-state index in [0.717, 1.165) is 23.8 Å². The zero-order valence-corrected chi connectivity index (χ0v) is 16.2. The minimum absolute atomic E-state index is 0. The Labute approximate surface area is 150 Å². The first-order valence-corrected chi connectivity index (χ1v) is 7.34. The molecule has 0 amide bonds. The number of aliphatic imine (C=N–C) groups is 1. The van der Waals surface area contributed by atoms with Crippen molar-refractivity contribution in [2.24, 2.45) is 10.9 Å². The first-order valence-electron chi connectivity index (χ1n) is 7.34. The van der Waals surface area contributed by atoms with Crippen molar-refractivity contribution in [3.05, 3.63) is 29.8 Å². The van der Waals surface area contributed by atoms with Crippen molar-refractivity contribution >= 4 is 29.9 Å². The van der Waals surface area contributed by atoms with Gasteiger partial charge in [-0.1, -0.05) is 25.1 Å². The van der Waals surface area contributed by atoms with Crippen molar-refractivity contribution in [1.82, 2.24) is 10.2 Å². The molecule has 1 aromatic carbocycles. The summed E-state index contributed by atoms with van der Waals surface area (Å²) in [5.74, 6) is 1.88. The summed E-state index contributed by atoms with van der Waals surface area (Å²) in [6.07, 6.45) is 0. The molecule has 1 atom stereocenters. The molecule has 0 heterocycles. The molecule has 22 heavy (non-hydrogen) atoms. The van der Waals surface area contributed by atoms with E-state index in [4.69, 9.17) is 9.84 Å². The third-order valence-electron chi connectivity index (χ3n) is 3.16. The van der Waals surface area contributed by atoms with Crippen LogP contribution < -0.4 is 10.1 Å². The fraction of sp³-hybridized carbons (Fsp3) is 0.562. The van der Waals surface area contributed by atoms with Gasteiger partial charge >= 0.3 is 0 Å². The molecule has 0 radical (unpaired) electrons. The van der Waals surface area contributed by atoms with Crippen LogP contribution >= 0.6 is 24.0 Å². The highest BCUT2D eigenvalue weighted by Crippen LogP contribution is 2.18. The van der Waals surface area contributed by atoms with E-state index in [2.05, 4.69) is 21.3 Å². The number of hydrogen-bond acceptors (Lipinski definition) is 3. The van der Waals surface area contributed by atoms with Gasteiger partial charge in [0.15, 0.2) is 5.96 Å². The van der Waals surface area contributed by atoms with Crippen LogP contribution in [0.25, 0.3) is 0 Å². The van der Waals surface area contributed by atoms with Crippen LogP contribution in [0.15, 0.2) is 29.3 Å². The normalized spacial score (nSPS) is 12.3. The van der Waals surface area contributed by atoms with Crippen LogP contribution in [0.2, 0.25) is 0 Å². The van der Waals surface area contributed by atoms with Crippen LogP contribution in [-0.4, -0.2) is 49.8 Å². The van der Waals surface area contributed by atoms with Crippen molar-refractivity contribution in [3.63, 3.8) is 0 Å². The summed E-state index contributed by atoms with van der Waals surface area (Å²) in [7, 11) is 3.68. The number of nitrogens with zero attached hydrogens (tertiary/aromatic N) is 2. The second-order valence-corrected chi connectivity index (χ2v) is 5.15. The van der Waals surface area contributed by atoms with Gasteiger partial charge in [-0.05, 0) is 18.9 Å². The molecule has 0 spiro atoms. The van der Waals surface area contributed by atoms with Crippen molar-refractivity contribution in [2.45, 2.75) is 20.4 Å². The van der Waals surface area contributed by atoms with E-state index in [1.807, 2.05) is 39.1 Å². The van der Waals surface area contributed by atoms with Crippen molar-refractivity contribution in [2.75, 3.05) is 33.9 Å². The topological polar surface area (TPSA) is 57.1 Å². The zero-order chi connectivity index (χ0) is 15.7. The van der Waals surface area contributed by atoms with Gasteiger partial charge in [0.05, 0.1) is 7.11 Å². The Kier molecular flexibility index (Phi) is 11.0. The molecular weight excluding hydrogens is 393 g/mol. The van der Waals surface area contributed by atoms with E-state index in [9.17, 15) is 0 Å². The van der Waals surface area contributed by atoms with E-state index < -0.39 is 0 Å². The highest BCUT2D eigenvalue weighted by atomic mass is 127. The third kappa shape index (κ3) is 6.83. The summed E-state index contributed by atoms with van der Waals surface area (Å²) < 4.78 is 5.38. The number of aliphatic hydroxyl groups excluding tert-OH is 1. The molecule has 0 fully saturated rings. The summed E-state index contributed by atoms with van der Waals surface area (Å²) in [5, 5.41) is 12.4. The van der Waals surface area contributed by atoms with Crippen LogP contribution in [0.1, 0.15) is 19.4 Å². The van der Waals surface area contributed by atoms with E-state index in [1.165, 1.54) is 0 Å². The van der Waals surface area contributed by atoms with Crippen molar-refractivity contribution in [3.8, 4) is 5.75 Å². The lowest BCUT2D eigenvalue weighted by molar-refractivity contribution is 0.241. The third-order valence-corrected chi connectivity index (χ3v) is 3.16. The summed E-state index contributed by atoms with van der Waals surface area (Å²) >= 11 is 0. The lowest BCUT2D eigenvalue weighted by atomic mass is 10.2. The quantitative estimate of drug-likeness (QED) is 0.403. The van der Waals surface area contributed by atoms with Gasteiger partial charge in [-0.25, -0.2) is 0 Å². The summed E-state index contributed by atoms with van der Waals surface area (Å²) in [4.78, 5) is 6.63. The molecule has 5 nitrogen and oxygen atoms in total. The second kappa shape index (κ2) is 11.5. The lowest BCUT2D eigenvalue weighted by Crippen LogP contribution is -2.39. The minimum Gasteiger partial charge on any atom is -0.496 e. The van der Waals surface area contributed by atoms with Crippen LogP contribution in [0.3, 0.4) is 0 Å². The average molecular weight is 421 g/mol. The molecule has 6 heteroatoms. The SMILES string of the molecule is CCNC(=NCC(C)CO)N(C)Cc1ccccc1OC.I. The standard InChI is InChI=1S/C16H27N3O2.HI/c1-5-17-16(18-10-13(2)12-20)19(3)11-14-8-6-7-9-15(14)21-4;/h6-9,13,20H,5,10-12H2,1-4H3,(H,17,18);1H. The molecule has 126 valence electrons. The molecule has 0 aromatic heterocycles. The molecule has 1 unspecified atom stereocenters. The fourth-order valence-corrected chi connectivity index (χ4v) is 1.93. The van der Waals surface area contributed by atoms with Crippen LogP contribution in [0.4, 0.5) is 0 Å². The number of rotatable bonds is 7. The van der Waals surface area contributed by atoms with Crippen LogP contribution in [0, 0.1) is 5.92 Å². The number of guanidine groups is 1. The highest BCUT2D eigenvalue weighted by molar-refractivity contribution is 14.0. The molecule has 0 saturated carbocycles. The summed E-state index contributed by atoms with van der Waals surface area (Å²) in [5.41, 5.74) is 1.11. The van der Waals surface area contributed by atoms with Gasteiger partial charge in [0.2, 0.25) is 0 Å². The van der Waals surface area contributed by atoms with Gasteiger partial charge in [-0.2, -0.15) is 0 Å². The number of methoxy groups -OCH3 is 1. The Morgan fingerprint density at radius 2 is 2.09 bits per heavy atom. The number of benzene rings is 1. The number of halogens is 1. The van der Waals surface area contributed by atoms with Gasteiger partial charge in [0.25, 0.3) is 0 Å². The molecule has 2 N–H and O–H groups in total. The molecule has 1 aromatic rings. The lowest BCUT2D eigenvalue weighted by Gasteiger charge is -2.23. The van der Waals surface area contributed by atoms with E-state index in [0.29, 0.717) is 13.1 Å². The Hall–Kier alpha value is -1.02. The van der Waals surface area contributed by atoms with Gasteiger partial charge in [0.1, 0.15) is 5.75 Å². The Morgan fingerprint density at radius 1 is 1.41 bits per heavy atom. The zero-order valence-electron chi connectivity index (χ0n) is 13.9. The van der Waals surface area contributed by atoms with Crippen LogP contribution in [0.5, 0.6) is 5.75 Å². The number of ether oxygens (including phenoxy) is 1. The minimum atomic E-state index is 0. The number of para-hydroxylation sites is 1. The Morgan fingerprint density at radius 3 is 2.68 bits per heavy atom. The summed E-state index contributed by atoms with van der Waals surface area (Å²) in [6, 6.07) is 7.98. The predicted molar refractivity (Wildman–Crippen MR) is 102 cm³/mol. The van der Waals surface area contributed by atoms with Gasteiger partial charge in [-0.3, -0.25) is 4.99 Å². The molecular formula is C16H28IN3O2. The summed E-state index contributed by atoms with van der Waals surface area (Å²) in [6.45, 7) is 6.30. The largest absolute Gasteiger partial charge is 0.496 e. The van der Waals surface area contributed by atoms with Gasteiger partial charge in [0, 0.05) is 38.9 Å². The first-order chi connectivity index (χ1) is 10.1. The molecule has 1 rings (SSSR count). The van der Waals surface area contributed by atoms with Crippen LogP contribution in [-0.2, 0) is 6.54 Å².